The number of carbonyl (C=O) groups is 1. The van der Waals surface area contributed by atoms with Crippen LogP contribution in [-0.4, -0.2) is 38.8 Å². The first kappa shape index (κ1) is 28.1. The number of hydrazone groups is 1. The van der Waals surface area contributed by atoms with Crippen LogP contribution in [0.5, 0.6) is 5.75 Å². The fraction of sp³-hybridized carbons (Fsp3) is 0.172. The lowest BCUT2D eigenvalue weighted by molar-refractivity contribution is -0.119. The van der Waals surface area contributed by atoms with Gasteiger partial charge in [0.1, 0.15) is 12.3 Å². The van der Waals surface area contributed by atoms with Gasteiger partial charge in [-0.2, -0.15) is 5.10 Å². The van der Waals surface area contributed by atoms with E-state index in [2.05, 4.69) is 31.0 Å². The molecule has 0 atom stereocenters. The summed E-state index contributed by atoms with van der Waals surface area (Å²) in [6.07, 6.45) is 1.56. The van der Waals surface area contributed by atoms with E-state index in [1.807, 2.05) is 51.1 Å². The third-order valence-electron chi connectivity index (χ3n) is 6.19. The van der Waals surface area contributed by atoms with Gasteiger partial charge in [-0.1, -0.05) is 39.7 Å². The number of aromatic nitrogens is 1. The molecule has 8 nitrogen and oxygen atoms in total. The van der Waals surface area contributed by atoms with E-state index in [0.29, 0.717) is 11.4 Å². The molecule has 0 saturated heterocycles. The molecule has 3 aromatic carbocycles. The van der Waals surface area contributed by atoms with Crippen molar-refractivity contribution in [3.05, 3.63) is 106 Å². The number of amides is 1. The minimum atomic E-state index is -4.05. The molecule has 0 unspecified atom stereocenters. The Morgan fingerprint density at radius 2 is 1.72 bits per heavy atom. The molecule has 0 fully saturated rings. The lowest BCUT2D eigenvalue weighted by atomic mass is 10.2. The summed E-state index contributed by atoms with van der Waals surface area (Å²) in [6.45, 7) is 5.36. The number of hydrogen-bond donors (Lipinski definition) is 1. The summed E-state index contributed by atoms with van der Waals surface area (Å²) >= 11 is 3.46. The summed E-state index contributed by atoms with van der Waals surface area (Å²) in [6, 6.07) is 23.0. The van der Waals surface area contributed by atoms with E-state index in [-0.39, 0.29) is 4.90 Å². The van der Waals surface area contributed by atoms with Crippen molar-refractivity contribution in [3.8, 4) is 11.4 Å². The van der Waals surface area contributed by atoms with Crippen LogP contribution in [0.4, 0.5) is 5.69 Å². The number of nitrogens with one attached hydrogen (secondary N) is 1. The van der Waals surface area contributed by atoms with Crippen LogP contribution in [0.1, 0.15) is 22.5 Å². The molecule has 0 spiro atoms. The highest BCUT2D eigenvalue weighted by Gasteiger charge is 2.27. The normalized spacial score (nSPS) is 11.5. The smallest absolute Gasteiger partial charge is 0.264 e. The van der Waals surface area contributed by atoms with Crippen LogP contribution in [0.2, 0.25) is 0 Å². The van der Waals surface area contributed by atoms with Crippen molar-refractivity contribution < 1.29 is 17.9 Å². The van der Waals surface area contributed by atoms with Crippen molar-refractivity contribution in [2.24, 2.45) is 5.10 Å². The first-order valence-electron chi connectivity index (χ1n) is 12.1. The Morgan fingerprint density at radius 3 is 2.38 bits per heavy atom. The quantitative estimate of drug-likeness (QED) is 0.200. The third kappa shape index (κ3) is 6.40. The van der Waals surface area contributed by atoms with Gasteiger partial charge in [0.2, 0.25) is 0 Å². The Kier molecular flexibility index (Phi) is 8.57. The molecule has 1 aromatic heterocycles. The van der Waals surface area contributed by atoms with Crippen LogP contribution in [0.3, 0.4) is 0 Å². The second-order valence-corrected chi connectivity index (χ2v) is 11.7. The number of aryl methyl sites for hydroxylation is 2. The Labute approximate surface area is 237 Å². The van der Waals surface area contributed by atoms with Crippen molar-refractivity contribution in [1.82, 2.24) is 9.99 Å². The molecule has 0 aliphatic heterocycles. The van der Waals surface area contributed by atoms with E-state index in [1.54, 1.807) is 42.6 Å². The van der Waals surface area contributed by atoms with Crippen LogP contribution >= 0.6 is 15.9 Å². The van der Waals surface area contributed by atoms with Crippen molar-refractivity contribution >= 4 is 43.8 Å². The molecule has 1 N–H and O–H groups in total. The van der Waals surface area contributed by atoms with E-state index >= 15 is 0 Å². The van der Waals surface area contributed by atoms with Crippen molar-refractivity contribution in [2.45, 2.75) is 25.7 Å². The van der Waals surface area contributed by atoms with E-state index in [4.69, 9.17) is 4.74 Å². The first-order chi connectivity index (χ1) is 18.6. The van der Waals surface area contributed by atoms with Gasteiger partial charge in [-0.15, -0.1) is 0 Å². The molecule has 0 aliphatic carbocycles. The maximum absolute atomic E-state index is 13.6. The van der Waals surface area contributed by atoms with Gasteiger partial charge >= 0.3 is 0 Å². The van der Waals surface area contributed by atoms with Gasteiger partial charge < -0.3 is 9.30 Å². The summed E-state index contributed by atoms with van der Waals surface area (Å²) in [7, 11) is -2.56. The standard InChI is InChI=1S/C29H29BrN4O4S/c1-20-8-14-28(15-9-20)39(36,37)33(26-6-5-7-27(17-26)38-4)19-29(35)32-31-18-23-16-21(2)34(22(23)3)25-12-10-24(30)11-13-25/h5-18H,19H2,1-4H3,(H,32,35)/b31-18-. The molecular weight excluding hydrogens is 580 g/mol. The van der Waals surface area contributed by atoms with Crippen LogP contribution in [0.15, 0.2) is 93.3 Å². The number of benzene rings is 3. The molecular formula is C29H29BrN4O4S. The van der Waals surface area contributed by atoms with Gasteiger partial charge in [-0.05, 0) is 75.4 Å². The molecule has 0 radical (unpaired) electrons. The highest BCUT2D eigenvalue weighted by Crippen LogP contribution is 2.27. The number of anilines is 1. The second-order valence-electron chi connectivity index (χ2n) is 8.96. The first-order valence-corrected chi connectivity index (χ1v) is 14.3. The lowest BCUT2D eigenvalue weighted by Crippen LogP contribution is -2.39. The van der Waals surface area contributed by atoms with Crippen LogP contribution in [0, 0.1) is 20.8 Å². The average Bonchev–Trinajstić information content (AvgIpc) is 3.20. The number of nitrogens with zero attached hydrogens (tertiary/aromatic N) is 3. The average molecular weight is 610 g/mol. The van der Waals surface area contributed by atoms with Gasteiger partial charge in [0, 0.05) is 33.2 Å². The molecule has 10 heteroatoms. The zero-order valence-electron chi connectivity index (χ0n) is 22.1. The van der Waals surface area contributed by atoms with Gasteiger partial charge in [-0.3, -0.25) is 9.10 Å². The fourth-order valence-electron chi connectivity index (χ4n) is 4.16. The van der Waals surface area contributed by atoms with E-state index in [9.17, 15) is 13.2 Å². The Balaban J connectivity index is 1.56. The number of sulfonamides is 1. The topological polar surface area (TPSA) is 93.0 Å². The maximum atomic E-state index is 13.6. The molecule has 0 aliphatic rings. The van der Waals surface area contributed by atoms with Crippen LogP contribution in [0.25, 0.3) is 5.69 Å². The zero-order valence-corrected chi connectivity index (χ0v) is 24.5. The fourth-order valence-corrected chi connectivity index (χ4v) is 5.84. The Hall–Kier alpha value is -3.89. The largest absolute Gasteiger partial charge is 0.497 e. The predicted molar refractivity (Wildman–Crippen MR) is 157 cm³/mol. The summed E-state index contributed by atoms with van der Waals surface area (Å²) in [5.74, 6) is -0.123. The highest BCUT2D eigenvalue weighted by molar-refractivity contribution is 9.10. The third-order valence-corrected chi connectivity index (χ3v) is 8.50. The number of hydrogen-bond acceptors (Lipinski definition) is 5. The van der Waals surface area contributed by atoms with E-state index in [0.717, 1.165) is 37.0 Å². The lowest BCUT2D eigenvalue weighted by Gasteiger charge is -2.24. The molecule has 4 aromatic rings. The molecule has 39 heavy (non-hydrogen) atoms. The van der Waals surface area contributed by atoms with E-state index < -0.39 is 22.5 Å². The molecule has 4 rings (SSSR count). The summed E-state index contributed by atoms with van der Waals surface area (Å²) in [4.78, 5) is 13.0. The van der Waals surface area contributed by atoms with Gasteiger partial charge in [0.25, 0.3) is 15.9 Å². The number of methoxy groups -OCH3 is 1. The highest BCUT2D eigenvalue weighted by atomic mass is 79.9. The maximum Gasteiger partial charge on any atom is 0.264 e. The Morgan fingerprint density at radius 1 is 1.03 bits per heavy atom. The molecule has 0 bridgehead atoms. The molecule has 202 valence electrons. The van der Waals surface area contributed by atoms with E-state index in [1.165, 1.54) is 19.2 Å². The Bertz CT molecular complexity index is 1610. The molecule has 0 saturated carbocycles. The van der Waals surface area contributed by atoms with Gasteiger partial charge in [-0.25, -0.2) is 13.8 Å². The van der Waals surface area contributed by atoms with Gasteiger partial charge in [0.15, 0.2) is 0 Å². The minimum absolute atomic E-state index is 0.0765. The van der Waals surface area contributed by atoms with Gasteiger partial charge in [0.05, 0.1) is 23.9 Å². The summed E-state index contributed by atoms with van der Waals surface area (Å²) < 4.78 is 36.5. The van der Waals surface area contributed by atoms with Crippen LogP contribution in [-0.2, 0) is 14.8 Å². The SMILES string of the molecule is COc1cccc(N(CC(=O)N/N=C\c2cc(C)n(-c3ccc(Br)cc3)c2C)S(=O)(=O)c2ccc(C)cc2)c1. The molecule has 1 heterocycles. The summed E-state index contributed by atoms with van der Waals surface area (Å²) in [5.41, 5.74) is 7.49. The van der Waals surface area contributed by atoms with Crippen molar-refractivity contribution in [3.63, 3.8) is 0 Å². The monoisotopic (exact) mass is 608 g/mol. The number of carbonyl (C=O) groups excluding carboxylic acids is 1. The predicted octanol–water partition coefficient (Wildman–Crippen LogP) is 5.52. The molecule has 1 amide bonds. The zero-order chi connectivity index (χ0) is 28.2. The minimum Gasteiger partial charge on any atom is -0.497 e. The van der Waals surface area contributed by atoms with Crippen molar-refractivity contribution in [1.29, 1.82) is 0 Å². The van der Waals surface area contributed by atoms with Crippen LogP contribution < -0.4 is 14.5 Å². The number of rotatable bonds is 9. The summed E-state index contributed by atoms with van der Waals surface area (Å²) in [5, 5.41) is 4.12. The number of ether oxygens (including phenoxy) is 1. The number of halogens is 1. The second kappa shape index (κ2) is 11.9. The van der Waals surface area contributed by atoms with Crippen molar-refractivity contribution in [2.75, 3.05) is 18.0 Å².